The highest BCUT2D eigenvalue weighted by Crippen LogP contribution is 2.31. The molecular weight excluding hydrogens is 636 g/mol. The van der Waals surface area contributed by atoms with Crippen molar-refractivity contribution in [3.8, 4) is 0 Å². The lowest BCUT2D eigenvalue weighted by Crippen LogP contribution is -2.64. The maximum absolute atomic E-state index is 13.0. The molecule has 4 amide bonds. The van der Waals surface area contributed by atoms with Gasteiger partial charge in [-0.15, -0.1) is 13.2 Å². The van der Waals surface area contributed by atoms with Crippen LogP contribution in [0.1, 0.15) is 73.2 Å². The second-order valence-electron chi connectivity index (χ2n) is 11.6. The quantitative estimate of drug-likeness (QED) is 0.0836. The number of hydrogen-bond donors (Lipinski definition) is 8. The number of primary amides is 1. The van der Waals surface area contributed by atoms with Crippen molar-refractivity contribution in [3.05, 3.63) is 84.4 Å². The van der Waals surface area contributed by atoms with Crippen molar-refractivity contribution in [3.63, 3.8) is 0 Å². The minimum absolute atomic E-state index is 0.105. The van der Waals surface area contributed by atoms with Gasteiger partial charge in [0, 0.05) is 34.4 Å². The van der Waals surface area contributed by atoms with Crippen molar-refractivity contribution in [1.82, 2.24) is 16.0 Å². The molecule has 1 aliphatic heterocycles. The molecule has 1 heterocycles. The van der Waals surface area contributed by atoms with Gasteiger partial charge in [0.1, 0.15) is 24.4 Å². The molecule has 1 fully saturated rings. The van der Waals surface area contributed by atoms with E-state index >= 15 is 0 Å². The molecule has 1 saturated heterocycles. The Bertz CT molecular complexity index is 1370. The smallest absolute Gasteiger partial charge is 0.252 e. The zero-order chi connectivity index (χ0) is 37.3. The number of hydrogen-bond acceptors (Lipinski definition) is 10. The highest BCUT2D eigenvalue weighted by molar-refractivity contribution is 6.09. The van der Waals surface area contributed by atoms with E-state index in [0.717, 1.165) is 0 Å². The maximum atomic E-state index is 13.0. The topological polar surface area (TPSA) is 238 Å². The monoisotopic (exact) mass is 686 g/mol. The van der Waals surface area contributed by atoms with Gasteiger partial charge >= 0.3 is 0 Å². The van der Waals surface area contributed by atoms with Crippen LogP contribution in [-0.2, 0) is 19.1 Å². The van der Waals surface area contributed by atoms with Gasteiger partial charge in [-0.05, 0) is 25.0 Å². The van der Waals surface area contributed by atoms with Crippen LogP contribution in [0, 0.1) is 11.3 Å². The number of amides is 4. The van der Waals surface area contributed by atoms with Crippen molar-refractivity contribution in [2.75, 3.05) is 13.3 Å². The third kappa shape index (κ3) is 12.5. The predicted octanol–water partition coefficient (Wildman–Crippen LogP) is 0.764. The molecule has 2 aromatic carbocycles. The summed E-state index contributed by atoms with van der Waals surface area (Å²) < 4.78 is 5.07. The van der Waals surface area contributed by atoms with Crippen LogP contribution in [0.15, 0.2) is 67.8 Å². The van der Waals surface area contributed by atoms with Crippen molar-refractivity contribution in [2.24, 2.45) is 17.1 Å². The van der Waals surface area contributed by atoms with Crippen molar-refractivity contribution in [1.29, 1.82) is 0 Å². The summed E-state index contributed by atoms with van der Waals surface area (Å²) >= 11 is 0. The molecule has 7 unspecified atom stereocenters. The Hall–Kier alpha value is -4.47. The lowest BCUT2D eigenvalue weighted by atomic mass is 9.78. The molecule has 270 valence electrons. The summed E-state index contributed by atoms with van der Waals surface area (Å²) in [6.45, 7) is 12.0. The predicted molar refractivity (Wildman–Crippen MR) is 182 cm³/mol. The summed E-state index contributed by atoms with van der Waals surface area (Å²) in [5.41, 5.74) is 4.94. The average Bonchev–Trinajstić information content (AvgIpc) is 3.12. The number of nitrogens with one attached hydrogen (secondary N) is 3. The fourth-order valence-electron chi connectivity index (χ4n) is 4.77. The lowest BCUT2D eigenvalue weighted by Gasteiger charge is -2.40. The summed E-state index contributed by atoms with van der Waals surface area (Å²) in [6, 6.07) is 13.6. The van der Waals surface area contributed by atoms with E-state index in [0.29, 0.717) is 29.5 Å². The number of rotatable bonds is 13. The molecule has 0 radical (unpaired) electrons. The largest absolute Gasteiger partial charge is 0.394 e. The van der Waals surface area contributed by atoms with Gasteiger partial charge in [-0.3, -0.25) is 24.0 Å². The van der Waals surface area contributed by atoms with Crippen molar-refractivity contribution < 1.29 is 49.1 Å². The minimum atomic E-state index is -1.65. The van der Waals surface area contributed by atoms with Gasteiger partial charge in [-0.2, -0.15) is 0 Å². The first-order valence-electron chi connectivity index (χ1n) is 15.8. The maximum Gasteiger partial charge on any atom is 0.252 e. The molecule has 9 N–H and O–H groups in total. The van der Waals surface area contributed by atoms with E-state index in [1.807, 2.05) is 6.07 Å². The Morgan fingerprint density at radius 2 is 1.43 bits per heavy atom. The number of benzene rings is 2. The molecule has 0 bridgehead atoms. The van der Waals surface area contributed by atoms with Crippen LogP contribution in [-0.4, -0.2) is 93.8 Å². The lowest BCUT2D eigenvalue weighted by molar-refractivity contribution is -0.254. The Labute approximate surface area is 286 Å². The molecule has 14 heteroatoms. The van der Waals surface area contributed by atoms with E-state index in [2.05, 4.69) is 34.8 Å². The number of nitrogens with two attached hydrogens (primary N) is 1. The SMILES string of the molecule is C=C.CCC(C)(CC(C)C(=O)NC1C(O)OC(CO)C(O)C1O)C(=O)NCNC(=O)c1ccc(C(=O)c2ccccc2)cc1.CCC(N)=O. The molecule has 0 saturated carbocycles. The van der Waals surface area contributed by atoms with Crippen LogP contribution in [0.2, 0.25) is 0 Å². The van der Waals surface area contributed by atoms with E-state index in [1.165, 1.54) is 12.1 Å². The Morgan fingerprint density at radius 3 is 1.94 bits per heavy atom. The third-order valence-corrected chi connectivity index (χ3v) is 8.03. The number of aliphatic hydroxyl groups excluding tert-OH is 4. The standard InChI is InChI=1S/C30H39N3O9.C3H7NO.C2H4/c1-4-30(3,14-17(2)26(38)33-22-25(37)24(36)21(15-34)42-28(22)40)29(41)32-16-31-27(39)20-12-10-19(11-13-20)23(35)18-8-6-5-7-9-18;1-2-3(4)5;1-2/h5-13,17,21-22,24-25,28,34,36-37,40H,4,14-16H2,1-3H3,(H,31,39)(H,32,41)(H,33,38);2H2,1H3,(H2,4,5);1-2H2. The minimum Gasteiger partial charge on any atom is -0.394 e. The highest BCUT2D eigenvalue weighted by atomic mass is 16.6. The van der Waals surface area contributed by atoms with Crippen LogP contribution in [0.25, 0.3) is 0 Å². The van der Waals surface area contributed by atoms with Crippen molar-refractivity contribution >= 4 is 29.4 Å². The second kappa shape index (κ2) is 20.8. The average molecular weight is 687 g/mol. The van der Waals surface area contributed by atoms with Gasteiger partial charge in [0.05, 0.1) is 13.3 Å². The first-order chi connectivity index (χ1) is 23.2. The molecule has 14 nitrogen and oxygen atoms in total. The number of ether oxygens (including phenoxy) is 1. The van der Waals surface area contributed by atoms with Crippen molar-refractivity contribution in [2.45, 2.75) is 77.6 Å². The first kappa shape index (κ1) is 42.6. The molecule has 0 aromatic heterocycles. The van der Waals surface area contributed by atoms with E-state index in [9.17, 15) is 44.4 Å². The van der Waals surface area contributed by atoms with Gasteiger partial charge < -0.3 is 46.8 Å². The van der Waals surface area contributed by atoms with Gasteiger partial charge in [0.25, 0.3) is 5.91 Å². The van der Waals surface area contributed by atoms with Crippen LogP contribution in [0.4, 0.5) is 0 Å². The molecule has 49 heavy (non-hydrogen) atoms. The van der Waals surface area contributed by atoms with Crippen LogP contribution >= 0.6 is 0 Å². The molecule has 3 rings (SSSR count). The molecule has 7 atom stereocenters. The van der Waals surface area contributed by atoms with E-state index in [-0.39, 0.29) is 24.8 Å². The summed E-state index contributed by atoms with van der Waals surface area (Å²) in [6.07, 6.45) is -5.02. The molecular formula is C35H50N4O10. The van der Waals surface area contributed by atoms with Gasteiger partial charge in [0.2, 0.25) is 17.7 Å². The van der Waals surface area contributed by atoms with Crippen LogP contribution in [0.5, 0.6) is 0 Å². The number of carbonyl (C=O) groups is 5. The first-order valence-corrected chi connectivity index (χ1v) is 15.8. The van der Waals surface area contributed by atoms with Gasteiger partial charge in [-0.1, -0.05) is 70.2 Å². The summed E-state index contributed by atoms with van der Waals surface area (Å²) in [4.78, 5) is 60.6. The fraction of sp³-hybridized carbons (Fsp3) is 0.457. The molecule has 0 aliphatic carbocycles. The molecule has 2 aromatic rings. The Balaban J connectivity index is 0.00000157. The number of carbonyl (C=O) groups excluding carboxylic acids is 5. The Kier molecular flexibility index (Phi) is 18.1. The Morgan fingerprint density at radius 1 is 0.898 bits per heavy atom. The van der Waals surface area contributed by atoms with Gasteiger partial charge in [-0.25, -0.2) is 0 Å². The third-order valence-electron chi connectivity index (χ3n) is 8.03. The summed E-state index contributed by atoms with van der Waals surface area (Å²) in [7, 11) is 0. The zero-order valence-electron chi connectivity index (χ0n) is 28.4. The van der Waals surface area contributed by atoms with Gasteiger partial charge in [0.15, 0.2) is 12.1 Å². The zero-order valence-corrected chi connectivity index (χ0v) is 28.4. The van der Waals surface area contributed by atoms with E-state index in [4.69, 9.17) is 4.74 Å². The van der Waals surface area contributed by atoms with Crippen LogP contribution in [0.3, 0.4) is 0 Å². The number of ketones is 1. The van der Waals surface area contributed by atoms with E-state index in [1.54, 1.807) is 64.1 Å². The normalized spacial score (nSPS) is 21.5. The number of aliphatic hydroxyl groups is 4. The highest BCUT2D eigenvalue weighted by Gasteiger charge is 2.45. The molecule has 0 spiro atoms. The van der Waals surface area contributed by atoms with E-state index < -0.39 is 66.3 Å². The molecule has 1 aliphatic rings. The summed E-state index contributed by atoms with van der Waals surface area (Å²) in [5, 5.41) is 47.4. The fourth-order valence-corrected chi connectivity index (χ4v) is 4.77. The summed E-state index contributed by atoms with van der Waals surface area (Å²) in [5.74, 6) is -2.56. The van der Waals surface area contributed by atoms with Crippen LogP contribution < -0.4 is 21.7 Å². The second-order valence-corrected chi connectivity index (χ2v) is 11.6.